The predicted octanol–water partition coefficient (Wildman–Crippen LogP) is 1.23. The Bertz CT molecular complexity index is 387. The van der Waals surface area contributed by atoms with E-state index in [1.807, 2.05) is 19.9 Å². The molecule has 1 aromatic carbocycles. The molecule has 0 bridgehead atoms. The average molecular weight is 191 g/mol. The van der Waals surface area contributed by atoms with Gasteiger partial charge in [0.05, 0.1) is 0 Å². The molecule has 0 saturated heterocycles. The maximum atomic E-state index is 11.5. The van der Waals surface area contributed by atoms with Gasteiger partial charge in [-0.05, 0) is 6.07 Å². The average Bonchev–Trinajstić information content (AvgIpc) is 2.42. The van der Waals surface area contributed by atoms with Crippen LogP contribution in [0.4, 0.5) is 0 Å². The lowest BCUT2D eigenvalue weighted by Crippen LogP contribution is -2.43. The van der Waals surface area contributed by atoms with E-state index in [4.69, 9.17) is 0 Å². The third-order valence-corrected chi connectivity index (χ3v) is 2.72. The van der Waals surface area contributed by atoms with Gasteiger partial charge in [-0.25, -0.2) is 0 Å². The van der Waals surface area contributed by atoms with E-state index in [1.54, 1.807) is 18.2 Å². The van der Waals surface area contributed by atoms with Gasteiger partial charge in [-0.3, -0.25) is 4.79 Å². The van der Waals surface area contributed by atoms with Crippen LogP contribution in [0.3, 0.4) is 0 Å². The van der Waals surface area contributed by atoms with E-state index >= 15 is 0 Å². The molecular formula is C11H13NO2. The van der Waals surface area contributed by atoms with Crippen LogP contribution in [-0.2, 0) is 5.72 Å². The molecule has 0 saturated carbocycles. The molecule has 0 unspecified atom stereocenters. The minimum Gasteiger partial charge on any atom is -0.367 e. The topological polar surface area (TPSA) is 49.3 Å². The molecule has 0 radical (unpaired) electrons. The number of hydrogen-bond donors (Lipinski definition) is 2. The highest BCUT2D eigenvalue weighted by molar-refractivity contribution is 5.99. The fraction of sp³-hybridized carbons (Fsp3) is 0.364. The van der Waals surface area contributed by atoms with Gasteiger partial charge in [0, 0.05) is 17.0 Å². The van der Waals surface area contributed by atoms with E-state index in [-0.39, 0.29) is 11.8 Å². The zero-order chi connectivity index (χ0) is 10.3. The highest BCUT2D eigenvalue weighted by atomic mass is 16.3. The Morgan fingerprint density at radius 2 is 2.00 bits per heavy atom. The molecule has 0 spiro atoms. The summed E-state index contributed by atoms with van der Waals surface area (Å²) in [6, 6.07) is 7.13. The van der Waals surface area contributed by atoms with Crippen molar-refractivity contribution in [1.29, 1.82) is 0 Å². The van der Waals surface area contributed by atoms with Gasteiger partial charge in [-0.2, -0.15) is 0 Å². The molecular weight excluding hydrogens is 178 g/mol. The molecule has 0 fully saturated rings. The van der Waals surface area contributed by atoms with E-state index < -0.39 is 5.72 Å². The Morgan fingerprint density at radius 1 is 1.36 bits per heavy atom. The summed E-state index contributed by atoms with van der Waals surface area (Å²) in [6.07, 6.45) is 0. The van der Waals surface area contributed by atoms with Crippen molar-refractivity contribution in [3.63, 3.8) is 0 Å². The van der Waals surface area contributed by atoms with Crippen molar-refractivity contribution in [3.8, 4) is 0 Å². The summed E-state index contributed by atoms with van der Waals surface area (Å²) in [5, 5.41) is 12.9. The molecule has 1 atom stereocenters. The molecule has 0 aromatic heterocycles. The largest absolute Gasteiger partial charge is 0.367 e. The number of amides is 1. The van der Waals surface area contributed by atoms with Gasteiger partial charge in [0.15, 0.2) is 5.72 Å². The second-order valence-corrected chi connectivity index (χ2v) is 3.92. The first-order valence-corrected chi connectivity index (χ1v) is 4.70. The molecule has 14 heavy (non-hydrogen) atoms. The summed E-state index contributed by atoms with van der Waals surface area (Å²) in [7, 11) is 0. The minimum absolute atomic E-state index is 0.0462. The molecule has 1 aliphatic heterocycles. The van der Waals surface area contributed by atoms with E-state index in [0.29, 0.717) is 11.1 Å². The zero-order valence-electron chi connectivity index (χ0n) is 8.24. The maximum Gasteiger partial charge on any atom is 0.254 e. The summed E-state index contributed by atoms with van der Waals surface area (Å²) in [4.78, 5) is 11.5. The number of fused-ring (bicyclic) bond motifs is 1. The molecule has 3 heteroatoms. The number of hydrogen-bond acceptors (Lipinski definition) is 2. The fourth-order valence-electron chi connectivity index (χ4n) is 1.78. The summed E-state index contributed by atoms with van der Waals surface area (Å²) in [5.74, 6) is -0.244. The standard InChI is InChI=1S/C11H13NO2/c1-7(2)11(14)9-6-4-3-5-8(9)10(13)12-11/h3-7,14H,1-2H3,(H,12,13)/t11-/m1/s1. The van der Waals surface area contributed by atoms with Crippen molar-refractivity contribution < 1.29 is 9.90 Å². The van der Waals surface area contributed by atoms with Crippen LogP contribution in [0.2, 0.25) is 0 Å². The van der Waals surface area contributed by atoms with Crippen LogP contribution in [0.1, 0.15) is 29.8 Å². The Morgan fingerprint density at radius 3 is 2.64 bits per heavy atom. The van der Waals surface area contributed by atoms with Crippen molar-refractivity contribution in [2.24, 2.45) is 5.92 Å². The number of nitrogens with one attached hydrogen (secondary N) is 1. The summed E-state index contributed by atoms with van der Waals surface area (Å²) in [6.45, 7) is 3.75. The first-order chi connectivity index (χ1) is 6.55. The highest BCUT2D eigenvalue weighted by Gasteiger charge is 2.43. The van der Waals surface area contributed by atoms with Crippen LogP contribution in [0.15, 0.2) is 24.3 Å². The number of benzene rings is 1. The Hall–Kier alpha value is -1.35. The first kappa shape index (κ1) is 9.21. The minimum atomic E-state index is -1.20. The van der Waals surface area contributed by atoms with E-state index in [9.17, 15) is 9.90 Å². The van der Waals surface area contributed by atoms with Gasteiger partial charge in [0.2, 0.25) is 0 Å². The van der Waals surface area contributed by atoms with Gasteiger partial charge < -0.3 is 10.4 Å². The van der Waals surface area contributed by atoms with Gasteiger partial charge in [-0.1, -0.05) is 32.0 Å². The first-order valence-electron chi connectivity index (χ1n) is 4.70. The van der Waals surface area contributed by atoms with Crippen molar-refractivity contribution in [1.82, 2.24) is 5.32 Å². The van der Waals surface area contributed by atoms with Crippen LogP contribution < -0.4 is 5.32 Å². The highest BCUT2D eigenvalue weighted by Crippen LogP contribution is 2.34. The number of rotatable bonds is 1. The van der Waals surface area contributed by atoms with Crippen LogP contribution in [0, 0.1) is 5.92 Å². The van der Waals surface area contributed by atoms with E-state index in [0.717, 1.165) is 0 Å². The van der Waals surface area contributed by atoms with Gasteiger partial charge >= 0.3 is 0 Å². The number of carbonyl (C=O) groups is 1. The summed E-state index contributed by atoms with van der Waals surface area (Å²) in [5.41, 5.74) is 0.0527. The SMILES string of the molecule is CC(C)[C@]1(O)NC(=O)c2ccccc21. The quantitative estimate of drug-likeness (QED) is 0.701. The van der Waals surface area contributed by atoms with Gasteiger partial charge in [0.1, 0.15) is 0 Å². The normalized spacial score (nSPS) is 25.0. The Kier molecular flexibility index (Phi) is 1.86. The Balaban J connectivity index is 2.59. The van der Waals surface area contributed by atoms with E-state index in [2.05, 4.69) is 5.32 Å². The summed E-state index contributed by atoms with van der Waals surface area (Å²) >= 11 is 0. The van der Waals surface area contributed by atoms with Gasteiger partial charge in [-0.15, -0.1) is 0 Å². The summed E-state index contributed by atoms with van der Waals surface area (Å²) < 4.78 is 0. The van der Waals surface area contributed by atoms with E-state index in [1.165, 1.54) is 0 Å². The molecule has 74 valence electrons. The third-order valence-electron chi connectivity index (χ3n) is 2.72. The van der Waals surface area contributed by atoms with Crippen LogP contribution in [-0.4, -0.2) is 11.0 Å². The molecule has 1 heterocycles. The molecule has 2 N–H and O–H groups in total. The second kappa shape index (κ2) is 2.82. The van der Waals surface area contributed by atoms with Crippen LogP contribution >= 0.6 is 0 Å². The fourth-order valence-corrected chi connectivity index (χ4v) is 1.78. The number of aliphatic hydroxyl groups is 1. The van der Waals surface area contributed by atoms with Crippen molar-refractivity contribution in [2.45, 2.75) is 19.6 Å². The van der Waals surface area contributed by atoms with Gasteiger partial charge in [0.25, 0.3) is 5.91 Å². The zero-order valence-corrected chi connectivity index (χ0v) is 8.24. The maximum absolute atomic E-state index is 11.5. The molecule has 2 rings (SSSR count). The van der Waals surface area contributed by atoms with Crippen molar-refractivity contribution >= 4 is 5.91 Å². The van der Waals surface area contributed by atoms with Crippen LogP contribution in [0.5, 0.6) is 0 Å². The lowest BCUT2D eigenvalue weighted by molar-refractivity contribution is -0.0282. The predicted molar refractivity (Wildman–Crippen MR) is 52.6 cm³/mol. The number of carbonyl (C=O) groups excluding carboxylic acids is 1. The molecule has 1 amide bonds. The van der Waals surface area contributed by atoms with Crippen molar-refractivity contribution in [3.05, 3.63) is 35.4 Å². The smallest absolute Gasteiger partial charge is 0.254 e. The molecule has 0 aliphatic carbocycles. The Labute approximate surface area is 82.8 Å². The molecule has 3 nitrogen and oxygen atoms in total. The van der Waals surface area contributed by atoms with Crippen molar-refractivity contribution in [2.75, 3.05) is 0 Å². The monoisotopic (exact) mass is 191 g/mol. The molecule has 1 aromatic rings. The lowest BCUT2D eigenvalue weighted by Gasteiger charge is -2.28. The van der Waals surface area contributed by atoms with Crippen LogP contribution in [0.25, 0.3) is 0 Å². The molecule has 1 aliphatic rings. The second-order valence-electron chi connectivity index (χ2n) is 3.92. The lowest BCUT2D eigenvalue weighted by atomic mass is 9.92. The third kappa shape index (κ3) is 1.06.